The van der Waals surface area contributed by atoms with Crippen molar-refractivity contribution in [3.05, 3.63) is 125 Å². The number of carbonyl (C=O) groups excluding carboxylic acids is 4. The van der Waals surface area contributed by atoms with Crippen LogP contribution in [0.15, 0.2) is 94.3 Å². The predicted octanol–water partition coefficient (Wildman–Crippen LogP) is 8.12. The van der Waals surface area contributed by atoms with E-state index in [2.05, 4.69) is 0 Å². The van der Waals surface area contributed by atoms with Crippen molar-refractivity contribution in [2.45, 2.75) is 11.8 Å². The Hall–Kier alpha value is -3.30. The summed E-state index contributed by atoms with van der Waals surface area (Å²) in [6.45, 7) is 0. The maximum Gasteiger partial charge on any atom is 0.177 e. The Labute approximate surface area is 247 Å². The number of rotatable bonds is 8. The lowest BCUT2D eigenvalue weighted by Gasteiger charge is -2.55. The fourth-order valence-corrected chi connectivity index (χ4v) is 9.72. The summed E-state index contributed by atoms with van der Waals surface area (Å²) >= 11 is 5.40. The lowest BCUT2D eigenvalue weighted by Crippen LogP contribution is -2.57. The molecule has 40 heavy (non-hydrogen) atoms. The number of benzene rings is 1. The summed E-state index contributed by atoms with van der Waals surface area (Å²) in [4.78, 5) is 59.8. The van der Waals surface area contributed by atoms with E-state index in [1.165, 1.54) is 45.3 Å². The zero-order valence-electron chi connectivity index (χ0n) is 21.0. The van der Waals surface area contributed by atoms with Crippen LogP contribution in [-0.2, 0) is 0 Å². The molecule has 5 aromatic rings. The summed E-state index contributed by atoms with van der Waals surface area (Å²) < 4.78 is 0. The van der Waals surface area contributed by atoms with Gasteiger partial charge in [-0.25, -0.2) is 0 Å². The molecule has 0 radical (unpaired) electrons. The summed E-state index contributed by atoms with van der Waals surface area (Å²) in [5.41, 5.74) is 1.81. The first kappa shape index (κ1) is 25.7. The molecule has 198 valence electrons. The van der Waals surface area contributed by atoms with Crippen molar-refractivity contribution in [1.82, 2.24) is 0 Å². The van der Waals surface area contributed by atoms with Gasteiger partial charge < -0.3 is 0 Å². The highest BCUT2D eigenvalue weighted by Gasteiger charge is 2.64. The third kappa shape index (κ3) is 3.96. The van der Waals surface area contributed by atoms with Crippen LogP contribution in [0.1, 0.15) is 61.6 Å². The van der Waals surface area contributed by atoms with Gasteiger partial charge in [-0.05, 0) is 56.9 Å². The van der Waals surface area contributed by atoms with Crippen LogP contribution in [0.25, 0.3) is 0 Å². The summed E-state index contributed by atoms with van der Waals surface area (Å²) in [6, 6.07) is 22.3. The minimum absolute atomic E-state index is 0.125. The fraction of sp³-hybridized carbons (Fsp3) is 0.188. The van der Waals surface area contributed by atoms with E-state index in [4.69, 9.17) is 0 Å². The number of hydrogen-bond donors (Lipinski definition) is 0. The van der Waals surface area contributed by atoms with E-state index in [9.17, 15) is 19.2 Å². The van der Waals surface area contributed by atoms with E-state index in [-0.39, 0.29) is 23.1 Å². The van der Waals surface area contributed by atoms with Gasteiger partial charge in [-0.3, -0.25) is 19.2 Å². The summed E-state index contributed by atoms with van der Waals surface area (Å²) in [6.07, 6.45) is 0. The molecular formula is C32H22O4S4. The normalized spacial score (nSPS) is 24.9. The van der Waals surface area contributed by atoms with Crippen molar-refractivity contribution in [3.8, 4) is 0 Å². The molecular weight excluding hydrogens is 577 g/mol. The van der Waals surface area contributed by atoms with Gasteiger partial charge in [-0.2, -0.15) is 0 Å². The van der Waals surface area contributed by atoms with Crippen molar-refractivity contribution in [1.29, 1.82) is 0 Å². The Kier molecular flexibility index (Phi) is 6.59. The molecule has 4 nitrogen and oxygen atoms in total. The molecule has 0 N–H and O–H groups in total. The Balaban J connectivity index is 1.50. The monoisotopic (exact) mass is 598 g/mol. The number of thiophene rings is 4. The summed E-state index contributed by atoms with van der Waals surface area (Å²) in [5, 5.41) is 7.43. The Morgan fingerprint density at radius 2 is 0.675 bits per heavy atom. The van der Waals surface area contributed by atoms with Crippen LogP contribution in [-0.4, -0.2) is 23.1 Å². The molecule has 2 bridgehead atoms. The van der Waals surface area contributed by atoms with Crippen molar-refractivity contribution in [2.24, 2.45) is 23.7 Å². The second kappa shape index (κ2) is 10.3. The molecule has 3 aliphatic carbocycles. The molecule has 0 spiro atoms. The van der Waals surface area contributed by atoms with E-state index in [1.54, 1.807) is 24.3 Å². The molecule has 1 saturated carbocycles. The van der Waals surface area contributed by atoms with Crippen LogP contribution in [0.2, 0.25) is 0 Å². The largest absolute Gasteiger partial charge is 0.293 e. The molecule has 1 fully saturated rings. The first-order valence-corrected chi connectivity index (χ1v) is 16.5. The highest BCUT2D eigenvalue weighted by molar-refractivity contribution is 7.13. The molecule has 1 aromatic carbocycles. The van der Waals surface area contributed by atoms with Gasteiger partial charge in [-0.1, -0.05) is 48.5 Å². The van der Waals surface area contributed by atoms with Gasteiger partial charge >= 0.3 is 0 Å². The first-order valence-electron chi connectivity index (χ1n) is 13.0. The lowest BCUT2D eigenvalue weighted by molar-refractivity contribution is 0.0266. The number of fused-ring (bicyclic) bond motifs is 2. The van der Waals surface area contributed by atoms with Crippen molar-refractivity contribution < 1.29 is 19.2 Å². The molecule has 3 aliphatic rings. The minimum Gasteiger partial charge on any atom is -0.293 e. The van der Waals surface area contributed by atoms with Gasteiger partial charge in [0.2, 0.25) is 0 Å². The van der Waals surface area contributed by atoms with Crippen LogP contribution in [0.4, 0.5) is 0 Å². The van der Waals surface area contributed by atoms with Gasteiger partial charge in [0.1, 0.15) is 0 Å². The Bertz CT molecular complexity index is 1470. The molecule has 4 aromatic heterocycles. The zero-order valence-corrected chi connectivity index (χ0v) is 24.2. The van der Waals surface area contributed by atoms with Crippen molar-refractivity contribution in [3.63, 3.8) is 0 Å². The van der Waals surface area contributed by atoms with Gasteiger partial charge in [0, 0.05) is 35.5 Å². The molecule has 4 atom stereocenters. The van der Waals surface area contributed by atoms with E-state index < -0.39 is 35.5 Å². The maximum atomic E-state index is 14.4. The third-order valence-corrected chi connectivity index (χ3v) is 11.8. The van der Waals surface area contributed by atoms with E-state index >= 15 is 0 Å². The smallest absolute Gasteiger partial charge is 0.177 e. The van der Waals surface area contributed by atoms with E-state index in [0.717, 1.165) is 11.1 Å². The van der Waals surface area contributed by atoms with Crippen LogP contribution in [0.5, 0.6) is 0 Å². The van der Waals surface area contributed by atoms with Gasteiger partial charge in [-0.15, -0.1) is 45.3 Å². The van der Waals surface area contributed by atoms with Gasteiger partial charge in [0.05, 0.1) is 19.5 Å². The topological polar surface area (TPSA) is 68.3 Å². The summed E-state index contributed by atoms with van der Waals surface area (Å²) in [5.74, 6) is -4.73. The number of Topliss-reactive ketones (excluding diaryl/α,β-unsaturated/α-hetero) is 4. The molecule has 8 rings (SSSR count). The standard InChI is InChI=1S/C32H22O4S4/c33-29(19-9-3-13-37-19)25-23-17-7-1-2-8-18(17)24(27(25)31(35)21-11-5-15-39-21)28(32(36)22-12-6-16-40-22)26(23)30(34)20-10-4-14-38-20/h1-16,23-28H/t23?,24?,25-,26-,27-,28-/m0/s1. The minimum atomic E-state index is -0.755. The SMILES string of the molecule is O=C(c1cccs1)[C@H]1C2c3ccccc3C([C@@H]1C(=O)c1cccs1)[C@H](C(=O)c1cccs1)[C@H]2C(=O)c1cccs1. The molecule has 0 amide bonds. The van der Waals surface area contributed by atoms with Gasteiger partial charge in [0.15, 0.2) is 23.1 Å². The summed E-state index contributed by atoms with van der Waals surface area (Å²) in [7, 11) is 0. The zero-order chi connectivity index (χ0) is 27.4. The Morgan fingerprint density at radius 3 is 0.900 bits per heavy atom. The fourth-order valence-electron chi connectivity index (χ4n) is 6.87. The lowest BCUT2D eigenvalue weighted by atomic mass is 9.45. The molecule has 0 aliphatic heterocycles. The van der Waals surface area contributed by atoms with Crippen molar-refractivity contribution >= 4 is 68.5 Å². The first-order chi connectivity index (χ1) is 19.6. The molecule has 0 unspecified atom stereocenters. The molecule has 4 heterocycles. The third-order valence-electron chi connectivity index (χ3n) is 8.30. The second-order valence-corrected chi connectivity index (χ2v) is 13.9. The van der Waals surface area contributed by atoms with Crippen LogP contribution >= 0.6 is 45.3 Å². The quantitative estimate of drug-likeness (QED) is 0.169. The van der Waals surface area contributed by atoms with E-state index in [0.29, 0.717) is 19.5 Å². The highest BCUT2D eigenvalue weighted by Crippen LogP contribution is 2.63. The number of hydrogen-bond acceptors (Lipinski definition) is 8. The second-order valence-electron chi connectivity index (χ2n) is 10.1. The number of ketones is 4. The average Bonchev–Trinajstić information content (AvgIpc) is 3.82. The molecule has 0 saturated heterocycles. The van der Waals surface area contributed by atoms with E-state index in [1.807, 2.05) is 70.1 Å². The van der Waals surface area contributed by atoms with Crippen LogP contribution in [0, 0.1) is 23.7 Å². The predicted molar refractivity (Wildman–Crippen MR) is 160 cm³/mol. The van der Waals surface area contributed by atoms with Gasteiger partial charge in [0.25, 0.3) is 0 Å². The average molecular weight is 599 g/mol. The molecule has 8 heteroatoms. The van der Waals surface area contributed by atoms with Crippen molar-refractivity contribution in [2.75, 3.05) is 0 Å². The Morgan fingerprint density at radius 1 is 0.400 bits per heavy atom. The van der Waals surface area contributed by atoms with Crippen LogP contribution < -0.4 is 0 Å². The maximum absolute atomic E-state index is 14.4. The van der Waals surface area contributed by atoms with Crippen LogP contribution in [0.3, 0.4) is 0 Å². The number of carbonyl (C=O) groups is 4. The highest BCUT2D eigenvalue weighted by atomic mass is 32.1.